The zero-order valence-corrected chi connectivity index (χ0v) is 10.4. The van der Waals surface area contributed by atoms with Crippen molar-refractivity contribution in [3.05, 3.63) is 41.4 Å². The first-order chi connectivity index (χ1) is 7.36. The third-order valence-electron chi connectivity index (χ3n) is 1.94. The molecule has 0 fully saturated rings. The summed E-state index contributed by atoms with van der Waals surface area (Å²) < 4.78 is 0. The molecule has 1 aromatic carbocycles. The third-order valence-corrected chi connectivity index (χ3v) is 3.08. The Morgan fingerprint density at radius 2 is 2.07 bits per heavy atom. The lowest BCUT2D eigenvalue weighted by molar-refractivity contribution is 0.726. The predicted molar refractivity (Wildman–Crippen MR) is 69.5 cm³/mol. The number of thioether (sulfide) groups is 1. The molecule has 0 bridgehead atoms. The molecule has 0 atom stereocenters. The SMILES string of the molecule is CCNCc1ccc(SC/C=C/Cl)cc1. The number of nitrogens with one attached hydrogen (secondary N) is 1. The summed E-state index contributed by atoms with van der Waals surface area (Å²) in [5.41, 5.74) is 2.89. The van der Waals surface area contributed by atoms with Gasteiger partial charge in [-0.1, -0.05) is 36.7 Å². The van der Waals surface area contributed by atoms with Crippen molar-refractivity contribution in [2.45, 2.75) is 18.4 Å². The minimum Gasteiger partial charge on any atom is -0.313 e. The van der Waals surface area contributed by atoms with Gasteiger partial charge in [-0.15, -0.1) is 11.8 Å². The fraction of sp³-hybridized carbons (Fsp3) is 0.333. The molecule has 0 aromatic heterocycles. The maximum Gasteiger partial charge on any atom is 0.0205 e. The molecule has 0 saturated carbocycles. The number of hydrogen-bond acceptors (Lipinski definition) is 2. The number of hydrogen-bond donors (Lipinski definition) is 1. The Morgan fingerprint density at radius 1 is 1.33 bits per heavy atom. The second-order valence-corrected chi connectivity index (χ2v) is 4.44. The van der Waals surface area contributed by atoms with E-state index in [9.17, 15) is 0 Å². The van der Waals surface area contributed by atoms with E-state index in [4.69, 9.17) is 11.6 Å². The van der Waals surface area contributed by atoms with Crippen LogP contribution in [0.5, 0.6) is 0 Å². The average Bonchev–Trinajstić information content (AvgIpc) is 2.28. The van der Waals surface area contributed by atoms with Crippen LogP contribution in [0.15, 0.2) is 40.8 Å². The van der Waals surface area contributed by atoms with Gasteiger partial charge in [0.05, 0.1) is 0 Å². The maximum atomic E-state index is 5.45. The van der Waals surface area contributed by atoms with E-state index in [2.05, 4.69) is 36.5 Å². The van der Waals surface area contributed by atoms with Gasteiger partial charge < -0.3 is 5.32 Å². The van der Waals surface area contributed by atoms with Crippen LogP contribution in [0.2, 0.25) is 0 Å². The van der Waals surface area contributed by atoms with Crippen LogP contribution in [-0.4, -0.2) is 12.3 Å². The summed E-state index contributed by atoms with van der Waals surface area (Å²) in [6.07, 6.45) is 1.94. The van der Waals surface area contributed by atoms with Gasteiger partial charge in [-0.3, -0.25) is 0 Å². The Balaban J connectivity index is 2.41. The van der Waals surface area contributed by atoms with Gasteiger partial charge in [-0.25, -0.2) is 0 Å². The summed E-state index contributed by atoms with van der Waals surface area (Å²) in [6, 6.07) is 8.63. The molecule has 3 heteroatoms. The van der Waals surface area contributed by atoms with Gasteiger partial charge in [0.2, 0.25) is 0 Å². The summed E-state index contributed by atoms with van der Waals surface area (Å²) in [5.74, 6) is 0.927. The Hall–Kier alpha value is -0.440. The number of halogens is 1. The molecule has 0 saturated heterocycles. The van der Waals surface area contributed by atoms with Crippen LogP contribution in [0.1, 0.15) is 12.5 Å². The van der Waals surface area contributed by atoms with Crippen molar-refractivity contribution < 1.29 is 0 Å². The van der Waals surface area contributed by atoms with Crippen LogP contribution in [-0.2, 0) is 6.54 Å². The zero-order valence-electron chi connectivity index (χ0n) is 8.87. The lowest BCUT2D eigenvalue weighted by atomic mass is 10.2. The van der Waals surface area contributed by atoms with Gasteiger partial charge in [0.25, 0.3) is 0 Å². The molecule has 1 rings (SSSR count). The van der Waals surface area contributed by atoms with E-state index in [0.29, 0.717) is 0 Å². The molecule has 0 radical (unpaired) electrons. The van der Waals surface area contributed by atoms with Crippen LogP contribution in [0.25, 0.3) is 0 Å². The first kappa shape index (κ1) is 12.6. The van der Waals surface area contributed by atoms with Crippen molar-refractivity contribution in [3.63, 3.8) is 0 Å². The molecule has 82 valence electrons. The molecule has 0 heterocycles. The molecule has 0 aliphatic heterocycles. The highest BCUT2D eigenvalue weighted by atomic mass is 35.5. The van der Waals surface area contributed by atoms with Crippen LogP contribution in [0.4, 0.5) is 0 Å². The summed E-state index contributed by atoms with van der Waals surface area (Å²) in [6.45, 7) is 4.07. The Morgan fingerprint density at radius 3 is 2.67 bits per heavy atom. The van der Waals surface area contributed by atoms with E-state index in [1.165, 1.54) is 10.5 Å². The van der Waals surface area contributed by atoms with Crippen molar-refractivity contribution in [1.82, 2.24) is 5.32 Å². The molecule has 1 N–H and O–H groups in total. The van der Waals surface area contributed by atoms with Crippen LogP contribution in [0.3, 0.4) is 0 Å². The van der Waals surface area contributed by atoms with Gasteiger partial charge >= 0.3 is 0 Å². The van der Waals surface area contributed by atoms with E-state index in [1.54, 1.807) is 17.3 Å². The summed E-state index contributed by atoms with van der Waals surface area (Å²) in [4.78, 5) is 1.28. The van der Waals surface area contributed by atoms with Gasteiger partial charge in [-0.2, -0.15) is 0 Å². The van der Waals surface area contributed by atoms with Gasteiger partial charge in [0.15, 0.2) is 0 Å². The van der Waals surface area contributed by atoms with E-state index < -0.39 is 0 Å². The summed E-state index contributed by atoms with van der Waals surface area (Å²) in [5, 5.41) is 3.30. The Kier molecular flexibility index (Phi) is 6.57. The molecular weight excluding hydrogens is 226 g/mol. The van der Waals surface area contributed by atoms with Gasteiger partial charge in [0, 0.05) is 22.7 Å². The first-order valence-electron chi connectivity index (χ1n) is 5.04. The lowest BCUT2D eigenvalue weighted by Crippen LogP contribution is -2.11. The number of benzene rings is 1. The summed E-state index contributed by atoms with van der Waals surface area (Å²) in [7, 11) is 0. The van der Waals surface area contributed by atoms with E-state index >= 15 is 0 Å². The molecule has 0 amide bonds. The topological polar surface area (TPSA) is 12.0 Å². The van der Waals surface area contributed by atoms with Crippen LogP contribution < -0.4 is 5.32 Å². The maximum absolute atomic E-state index is 5.45. The number of rotatable bonds is 6. The molecule has 0 spiro atoms. The molecule has 0 aliphatic rings. The minimum absolute atomic E-state index is 0.927. The zero-order chi connectivity index (χ0) is 10.9. The smallest absolute Gasteiger partial charge is 0.0205 e. The summed E-state index contributed by atoms with van der Waals surface area (Å²) >= 11 is 7.23. The highest BCUT2D eigenvalue weighted by molar-refractivity contribution is 7.99. The van der Waals surface area contributed by atoms with E-state index in [0.717, 1.165) is 18.8 Å². The van der Waals surface area contributed by atoms with Gasteiger partial charge in [-0.05, 0) is 24.2 Å². The fourth-order valence-electron chi connectivity index (χ4n) is 1.15. The molecule has 15 heavy (non-hydrogen) atoms. The van der Waals surface area contributed by atoms with Crippen LogP contribution >= 0.6 is 23.4 Å². The second kappa shape index (κ2) is 7.80. The first-order valence-corrected chi connectivity index (χ1v) is 6.46. The lowest BCUT2D eigenvalue weighted by Gasteiger charge is -2.03. The van der Waals surface area contributed by atoms with Crippen molar-refractivity contribution in [3.8, 4) is 0 Å². The fourth-order valence-corrected chi connectivity index (χ4v) is 2.06. The molecule has 1 nitrogen and oxygen atoms in total. The van der Waals surface area contributed by atoms with Crippen molar-refractivity contribution in [2.75, 3.05) is 12.3 Å². The van der Waals surface area contributed by atoms with Gasteiger partial charge in [0.1, 0.15) is 0 Å². The average molecular weight is 242 g/mol. The van der Waals surface area contributed by atoms with Crippen molar-refractivity contribution >= 4 is 23.4 Å². The van der Waals surface area contributed by atoms with Crippen molar-refractivity contribution in [2.24, 2.45) is 0 Å². The largest absolute Gasteiger partial charge is 0.313 e. The highest BCUT2D eigenvalue weighted by Crippen LogP contribution is 2.18. The Labute approximate surface area is 101 Å². The third kappa shape index (κ3) is 5.26. The quantitative estimate of drug-likeness (QED) is 0.764. The monoisotopic (exact) mass is 241 g/mol. The normalized spacial score (nSPS) is 11.1. The molecule has 0 aliphatic carbocycles. The van der Waals surface area contributed by atoms with E-state index in [1.807, 2.05) is 6.08 Å². The van der Waals surface area contributed by atoms with E-state index in [-0.39, 0.29) is 0 Å². The van der Waals surface area contributed by atoms with Crippen LogP contribution in [0, 0.1) is 0 Å². The second-order valence-electron chi connectivity index (χ2n) is 3.10. The highest BCUT2D eigenvalue weighted by Gasteiger charge is 1.93. The standard InChI is InChI=1S/C12H16ClNS/c1-2-14-10-11-4-6-12(7-5-11)15-9-3-8-13/h3-8,14H,2,9-10H2,1H3/b8-3+. The molecular formula is C12H16ClNS. The molecule has 0 unspecified atom stereocenters. The predicted octanol–water partition coefficient (Wildman–Crippen LogP) is 3.64. The minimum atomic E-state index is 0.927. The molecule has 1 aromatic rings. The van der Waals surface area contributed by atoms with Crippen molar-refractivity contribution in [1.29, 1.82) is 0 Å². The Bertz CT molecular complexity index is 295.